The summed E-state index contributed by atoms with van der Waals surface area (Å²) in [5, 5.41) is 12.7. The number of nitrogens with one attached hydrogen (secondary N) is 2. The van der Waals surface area contributed by atoms with Crippen LogP contribution >= 0.6 is 0 Å². The summed E-state index contributed by atoms with van der Waals surface area (Å²) in [4.78, 5) is 29.3. The lowest BCUT2D eigenvalue weighted by atomic mass is 9.99. The molecule has 3 rings (SSSR count). The van der Waals surface area contributed by atoms with Crippen molar-refractivity contribution in [1.29, 1.82) is 0 Å². The average Bonchev–Trinajstić information content (AvgIpc) is 2.85. The van der Waals surface area contributed by atoms with Gasteiger partial charge in [-0.3, -0.25) is 9.52 Å². The molecule has 3 amide bonds. The van der Waals surface area contributed by atoms with Crippen molar-refractivity contribution in [3.05, 3.63) is 53.6 Å². The molecule has 1 heterocycles. The number of sulfonamides is 1. The summed E-state index contributed by atoms with van der Waals surface area (Å²) in [6.45, 7) is 9.59. The van der Waals surface area contributed by atoms with Crippen LogP contribution in [0.5, 0.6) is 5.75 Å². The van der Waals surface area contributed by atoms with Gasteiger partial charge in [0.15, 0.2) is 0 Å². The number of carbonyl (C=O) groups is 2. The van der Waals surface area contributed by atoms with E-state index in [1.807, 2.05) is 27.7 Å². The van der Waals surface area contributed by atoms with E-state index in [0.717, 1.165) is 5.56 Å². The van der Waals surface area contributed by atoms with Crippen LogP contribution in [-0.2, 0) is 10.0 Å². The van der Waals surface area contributed by atoms with Crippen LogP contribution in [0.25, 0.3) is 0 Å². The van der Waals surface area contributed by atoms with Crippen molar-refractivity contribution in [3.8, 4) is 5.75 Å². The van der Waals surface area contributed by atoms with Gasteiger partial charge in [0.25, 0.3) is 15.9 Å². The number of aryl methyl sites for hydroxylation is 1. The van der Waals surface area contributed by atoms with E-state index >= 15 is 0 Å². The Morgan fingerprint density at radius 3 is 2.45 bits per heavy atom. The number of rotatable bonds is 8. The Kier molecular flexibility index (Phi) is 9.26. The van der Waals surface area contributed by atoms with Crippen LogP contribution in [0.3, 0.4) is 0 Å². The molecular weight excluding hydrogens is 508 g/mol. The van der Waals surface area contributed by atoms with Crippen molar-refractivity contribution in [1.82, 2.24) is 15.1 Å². The topological polar surface area (TPSA) is 128 Å². The van der Waals surface area contributed by atoms with E-state index in [2.05, 4.69) is 10.0 Å². The van der Waals surface area contributed by atoms with E-state index in [4.69, 9.17) is 4.74 Å². The quantitative estimate of drug-likeness (QED) is 0.467. The Balaban J connectivity index is 1.96. The Hall–Kier alpha value is -3.31. The van der Waals surface area contributed by atoms with Gasteiger partial charge in [-0.1, -0.05) is 24.6 Å². The second kappa shape index (κ2) is 12.0. The first-order valence-electron chi connectivity index (χ1n) is 12.7. The first-order chi connectivity index (χ1) is 17.8. The molecule has 0 aromatic heterocycles. The molecule has 1 aliphatic heterocycles. The standard InChI is InChI=1S/C27H38N4O6S/c1-17(2)28-27(34)30(6)15-25-19(4)14-31(20(5)16-32)26(33)23-13-21(9-12-24(23)37-25)29-38(35,36)22-10-7-18(3)8-11-22/h7-13,17,19-20,25,29,32H,14-16H2,1-6H3,(H,28,34)/t19-,20+,25-/m0/s1. The number of benzene rings is 2. The number of carbonyl (C=O) groups excluding carboxylic acids is 2. The lowest BCUT2D eigenvalue weighted by Crippen LogP contribution is -2.51. The molecule has 0 radical (unpaired) electrons. The third kappa shape index (κ3) is 6.96. The molecule has 38 heavy (non-hydrogen) atoms. The van der Waals surface area contributed by atoms with Crippen LogP contribution < -0.4 is 14.8 Å². The summed E-state index contributed by atoms with van der Waals surface area (Å²) < 4.78 is 34.7. The number of aliphatic hydroxyl groups excluding tert-OH is 1. The van der Waals surface area contributed by atoms with E-state index in [1.54, 1.807) is 37.1 Å². The number of urea groups is 1. The lowest BCUT2D eigenvalue weighted by Gasteiger charge is -2.38. The van der Waals surface area contributed by atoms with Crippen LogP contribution in [-0.4, -0.2) is 80.2 Å². The normalized spacial score (nSPS) is 18.6. The summed E-state index contributed by atoms with van der Waals surface area (Å²) >= 11 is 0. The fourth-order valence-electron chi connectivity index (χ4n) is 4.15. The number of anilines is 1. The zero-order valence-corrected chi connectivity index (χ0v) is 23.6. The van der Waals surface area contributed by atoms with Crippen LogP contribution in [0.4, 0.5) is 10.5 Å². The number of nitrogens with zero attached hydrogens (tertiary/aromatic N) is 2. The van der Waals surface area contributed by atoms with E-state index in [1.165, 1.54) is 29.2 Å². The highest BCUT2D eigenvalue weighted by molar-refractivity contribution is 7.92. The minimum atomic E-state index is -3.89. The third-order valence-corrected chi connectivity index (χ3v) is 7.86. The summed E-state index contributed by atoms with van der Waals surface area (Å²) in [6.07, 6.45) is -0.465. The molecule has 0 spiro atoms. The smallest absolute Gasteiger partial charge is 0.317 e. The first kappa shape index (κ1) is 29.2. The summed E-state index contributed by atoms with van der Waals surface area (Å²) in [5.74, 6) is -0.276. The monoisotopic (exact) mass is 546 g/mol. The largest absolute Gasteiger partial charge is 0.487 e. The van der Waals surface area contributed by atoms with Crippen molar-refractivity contribution < 1.29 is 27.9 Å². The van der Waals surface area contributed by atoms with Gasteiger partial charge in [-0.2, -0.15) is 0 Å². The number of fused-ring (bicyclic) bond motifs is 1. The Morgan fingerprint density at radius 2 is 1.84 bits per heavy atom. The van der Waals surface area contributed by atoms with Gasteiger partial charge in [0, 0.05) is 31.2 Å². The number of hydrogen-bond donors (Lipinski definition) is 3. The Morgan fingerprint density at radius 1 is 1.18 bits per heavy atom. The van der Waals surface area contributed by atoms with Crippen LogP contribution in [0.2, 0.25) is 0 Å². The van der Waals surface area contributed by atoms with E-state index in [-0.39, 0.29) is 65.5 Å². The molecule has 0 unspecified atom stereocenters. The van der Waals surface area contributed by atoms with Crippen molar-refractivity contribution in [2.45, 2.75) is 57.7 Å². The Labute approximate surface area is 225 Å². The third-order valence-electron chi connectivity index (χ3n) is 6.46. The molecule has 3 N–H and O–H groups in total. The maximum Gasteiger partial charge on any atom is 0.317 e. The first-order valence-corrected chi connectivity index (χ1v) is 14.1. The predicted molar refractivity (Wildman–Crippen MR) is 146 cm³/mol. The second-order valence-corrected chi connectivity index (χ2v) is 11.9. The van der Waals surface area contributed by atoms with Gasteiger partial charge in [0.05, 0.1) is 29.7 Å². The zero-order valence-electron chi connectivity index (χ0n) is 22.8. The molecule has 2 aromatic rings. The highest BCUT2D eigenvalue weighted by Crippen LogP contribution is 2.31. The van der Waals surface area contributed by atoms with Gasteiger partial charge in [0.1, 0.15) is 11.9 Å². The summed E-state index contributed by atoms with van der Waals surface area (Å²) in [7, 11) is -2.21. The molecule has 0 aliphatic carbocycles. The molecule has 0 fully saturated rings. The van der Waals surface area contributed by atoms with Gasteiger partial charge in [-0.25, -0.2) is 13.2 Å². The average molecular weight is 547 g/mol. The van der Waals surface area contributed by atoms with Gasteiger partial charge in [-0.15, -0.1) is 0 Å². The van der Waals surface area contributed by atoms with E-state index < -0.39 is 22.2 Å². The molecular formula is C27H38N4O6S. The minimum Gasteiger partial charge on any atom is -0.487 e. The number of aliphatic hydroxyl groups is 1. The number of ether oxygens (including phenoxy) is 1. The predicted octanol–water partition coefficient (Wildman–Crippen LogP) is 3.07. The van der Waals surface area contributed by atoms with Gasteiger partial charge in [0.2, 0.25) is 0 Å². The molecule has 208 valence electrons. The zero-order chi connectivity index (χ0) is 28.2. The molecule has 2 aromatic carbocycles. The summed E-state index contributed by atoms with van der Waals surface area (Å²) in [5.41, 5.74) is 1.30. The number of likely N-dealkylation sites (N-methyl/N-ethyl adjacent to an activating group) is 1. The van der Waals surface area contributed by atoms with Gasteiger partial charge in [-0.05, 0) is 58.0 Å². The summed E-state index contributed by atoms with van der Waals surface area (Å²) in [6, 6.07) is 10.2. The van der Waals surface area contributed by atoms with Crippen LogP contribution in [0.15, 0.2) is 47.4 Å². The minimum absolute atomic E-state index is 0.0259. The molecule has 0 saturated carbocycles. The molecule has 0 bridgehead atoms. The van der Waals surface area contributed by atoms with E-state index in [9.17, 15) is 23.1 Å². The lowest BCUT2D eigenvalue weighted by molar-refractivity contribution is 0.0366. The highest BCUT2D eigenvalue weighted by atomic mass is 32.2. The molecule has 1 aliphatic rings. The molecule has 11 heteroatoms. The molecule has 10 nitrogen and oxygen atoms in total. The second-order valence-electron chi connectivity index (χ2n) is 10.2. The van der Waals surface area contributed by atoms with Crippen molar-refractivity contribution in [2.24, 2.45) is 5.92 Å². The SMILES string of the molecule is Cc1ccc(S(=O)(=O)Nc2ccc3c(c2)C(=O)N([C@H](C)CO)C[C@H](C)[C@H](CN(C)C(=O)NC(C)C)O3)cc1. The number of amides is 3. The molecule has 0 saturated heterocycles. The van der Waals surface area contributed by atoms with Gasteiger partial charge >= 0.3 is 6.03 Å². The van der Waals surface area contributed by atoms with Crippen molar-refractivity contribution >= 4 is 27.6 Å². The Bertz CT molecular complexity index is 1250. The van der Waals surface area contributed by atoms with Gasteiger partial charge < -0.3 is 25.0 Å². The highest BCUT2D eigenvalue weighted by Gasteiger charge is 2.34. The van der Waals surface area contributed by atoms with Crippen LogP contribution in [0, 0.1) is 12.8 Å². The van der Waals surface area contributed by atoms with Crippen molar-refractivity contribution in [3.63, 3.8) is 0 Å². The van der Waals surface area contributed by atoms with E-state index in [0.29, 0.717) is 0 Å². The maximum absolute atomic E-state index is 13.6. The fraction of sp³-hybridized carbons (Fsp3) is 0.481. The van der Waals surface area contributed by atoms with Crippen LogP contribution in [0.1, 0.15) is 43.6 Å². The maximum atomic E-state index is 13.6. The van der Waals surface area contributed by atoms with Crippen molar-refractivity contribution in [2.75, 3.05) is 31.5 Å². The number of hydrogen-bond acceptors (Lipinski definition) is 6. The molecule has 3 atom stereocenters. The fourth-order valence-corrected chi connectivity index (χ4v) is 5.19.